The summed E-state index contributed by atoms with van der Waals surface area (Å²) in [6.45, 7) is 7.94. The number of carbonyl (C=O) groups is 1. The summed E-state index contributed by atoms with van der Waals surface area (Å²) >= 11 is 0. The van der Waals surface area contributed by atoms with Gasteiger partial charge in [-0.3, -0.25) is 4.79 Å². The minimum atomic E-state index is -0.787. The maximum Gasteiger partial charge on any atom is 0.362 e. The third kappa shape index (κ3) is 4.89. The first-order valence-corrected chi connectivity index (χ1v) is 8.78. The molecule has 1 aromatic heterocycles. The number of hydrogen-bond donors (Lipinski definition) is 2. The Labute approximate surface area is 153 Å². The Bertz CT molecular complexity index is 814. The van der Waals surface area contributed by atoms with Crippen LogP contribution >= 0.6 is 0 Å². The van der Waals surface area contributed by atoms with Gasteiger partial charge in [0.25, 0.3) is 5.56 Å². The van der Waals surface area contributed by atoms with Crippen molar-refractivity contribution in [3.8, 4) is 0 Å². The van der Waals surface area contributed by atoms with Crippen LogP contribution in [0.2, 0.25) is 0 Å². The Kier molecular flexibility index (Phi) is 8.41. The highest BCUT2D eigenvalue weighted by Crippen LogP contribution is 2.18. The van der Waals surface area contributed by atoms with Crippen molar-refractivity contribution in [3.05, 3.63) is 39.3 Å². The Morgan fingerprint density at radius 3 is 2.42 bits per heavy atom. The normalized spacial score (nSPS) is 11.7. The molecule has 1 heterocycles. The van der Waals surface area contributed by atoms with E-state index < -0.39 is 17.6 Å². The van der Waals surface area contributed by atoms with E-state index >= 15 is 0 Å². The number of nitrogens with zero attached hydrogens (tertiary/aromatic N) is 2. The van der Waals surface area contributed by atoms with Crippen molar-refractivity contribution in [1.82, 2.24) is 9.55 Å². The molecule has 2 aromatic rings. The maximum absolute atomic E-state index is 12.6. The molecule has 1 unspecified atom stereocenters. The number of carbonyl (C=O) groups excluding carboxylic acids is 1. The summed E-state index contributed by atoms with van der Waals surface area (Å²) in [4.78, 5) is 28.6. The molecule has 7 heteroatoms. The fourth-order valence-corrected chi connectivity index (χ4v) is 2.52. The molecule has 0 aliphatic heterocycles. The van der Waals surface area contributed by atoms with Crippen LogP contribution in [0.3, 0.4) is 0 Å². The zero-order chi connectivity index (χ0) is 19.9. The molecular formula is C19H28N2O5. The third-order valence-corrected chi connectivity index (χ3v) is 4.09. The summed E-state index contributed by atoms with van der Waals surface area (Å²) in [7, 11) is 1.20. The number of aliphatic hydroxyl groups excluding tert-OH is 2. The van der Waals surface area contributed by atoms with Gasteiger partial charge >= 0.3 is 5.97 Å². The first-order valence-electron chi connectivity index (χ1n) is 8.78. The molecule has 0 aliphatic carbocycles. The topological polar surface area (TPSA) is 102 Å². The van der Waals surface area contributed by atoms with Crippen molar-refractivity contribution in [2.45, 2.75) is 53.2 Å². The SMILES string of the molecule is CC.COC(=O)c1nc2cc(C)c(C)cc2n(CCC(O)CCO)c1=O. The van der Waals surface area contributed by atoms with Crippen LogP contribution in [0.5, 0.6) is 0 Å². The van der Waals surface area contributed by atoms with Gasteiger partial charge in [0.1, 0.15) is 0 Å². The van der Waals surface area contributed by atoms with Crippen LogP contribution in [0.4, 0.5) is 0 Å². The van der Waals surface area contributed by atoms with E-state index in [0.717, 1.165) is 11.1 Å². The third-order valence-electron chi connectivity index (χ3n) is 4.09. The summed E-state index contributed by atoms with van der Waals surface area (Å²) in [6.07, 6.45) is -0.203. The molecule has 1 atom stereocenters. The average Bonchev–Trinajstić information content (AvgIpc) is 2.63. The lowest BCUT2D eigenvalue weighted by atomic mass is 10.1. The number of esters is 1. The summed E-state index contributed by atoms with van der Waals surface area (Å²) in [6, 6.07) is 3.66. The second-order valence-corrected chi connectivity index (χ2v) is 5.79. The quantitative estimate of drug-likeness (QED) is 0.760. The van der Waals surface area contributed by atoms with E-state index in [1.54, 1.807) is 0 Å². The molecule has 144 valence electrons. The first kappa shape index (κ1) is 21.8. The lowest BCUT2D eigenvalue weighted by molar-refractivity contribution is 0.0591. The van der Waals surface area contributed by atoms with Crippen molar-refractivity contribution in [3.63, 3.8) is 0 Å². The highest BCUT2D eigenvalue weighted by molar-refractivity contribution is 5.89. The smallest absolute Gasteiger partial charge is 0.362 e. The number of methoxy groups -OCH3 is 1. The van der Waals surface area contributed by atoms with E-state index in [4.69, 9.17) is 5.11 Å². The van der Waals surface area contributed by atoms with E-state index in [1.165, 1.54) is 11.7 Å². The number of benzene rings is 1. The number of aliphatic hydroxyl groups is 2. The van der Waals surface area contributed by atoms with Gasteiger partial charge in [0.2, 0.25) is 5.69 Å². The Morgan fingerprint density at radius 2 is 1.85 bits per heavy atom. The number of aromatic nitrogens is 2. The highest BCUT2D eigenvalue weighted by Gasteiger charge is 2.19. The molecule has 26 heavy (non-hydrogen) atoms. The van der Waals surface area contributed by atoms with Gasteiger partial charge in [-0.1, -0.05) is 13.8 Å². The van der Waals surface area contributed by atoms with Gasteiger partial charge in [0.05, 0.1) is 24.2 Å². The van der Waals surface area contributed by atoms with E-state index in [1.807, 2.05) is 39.8 Å². The molecule has 0 radical (unpaired) electrons. The number of hydrogen-bond acceptors (Lipinski definition) is 6. The highest BCUT2D eigenvalue weighted by atomic mass is 16.5. The van der Waals surface area contributed by atoms with Crippen LogP contribution in [0.1, 0.15) is 48.3 Å². The summed E-state index contributed by atoms with van der Waals surface area (Å²) in [5.74, 6) is -0.787. The van der Waals surface area contributed by atoms with Crippen LogP contribution in [0.25, 0.3) is 11.0 Å². The van der Waals surface area contributed by atoms with Gasteiger partial charge in [-0.05, 0) is 49.9 Å². The molecule has 0 amide bonds. The van der Waals surface area contributed by atoms with E-state index in [0.29, 0.717) is 11.0 Å². The summed E-state index contributed by atoms with van der Waals surface area (Å²) < 4.78 is 6.07. The minimum absolute atomic E-state index is 0.126. The zero-order valence-electron chi connectivity index (χ0n) is 16.1. The van der Waals surface area contributed by atoms with Gasteiger partial charge in [-0.25, -0.2) is 9.78 Å². The van der Waals surface area contributed by atoms with Crippen molar-refractivity contribution in [2.75, 3.05) is 13.7 Å². The van der Waals surface area contributed by atoms with Crippen LogP contribution in [0, 0.1) is 13.8 Å². The Balaban J connectivity index is 0.00000163. The first-order chi connectivity index (χ1) is 12.4. The second kappa shape index (κ2) is 10.0. The van der Waals surface area contributed by atoms with Crippen molar-refractivity contribution >= 4 is 17.0 Å². The number of ether oxygens (including phenoxy) is 1. The van der Waals surface area contributed by atoms with Crippen LogP contribution in [-0.4, -0.2) is 45.6 Å². The molecule has 7 nitrogen and oxygen atoms in total. The van der Waals surface area contributed by atoms with E-state index in [-0.39, 0.29) is 31.7 Å². The van der Waals surface area contributed by atoms with Crippen LogP contribution in [-0.2, 0) is 11.3 Å². The van der Waals surface area contributed by atoms with Gasteiger partial charge in [-0.2, -0.15) is 0 Å². The van der Waals surface area contributed by atoms with Gasteiger partial charge in [0, 0.05) is 13.2 Å². The molecular weight excluding hydrogens is 336 g/mol. The number of rotatable bonds is 6. The van der Waals surface area contributed by atoms with E-state index in [2.05, 4.69) is 9.72 Å². The van der Waals surface area contributed by atoms with Crippen molar-refractivity contribution in [2.24, 2.45) is 0 Å². The van der Waals surface area contributed by atoms with E-state index in [9.17, 15) is 14.7 Å². The summed E-state index contributed by atoms with van der Waals surface area (Å²) in [5.41, 5.74) is 2.30. The monoisotopic (exact) mass is 364 g/mol. The molecule has 0 aliphatic rings. The predicted octanol–water partition coefficient (Wildman–Crippen LogP) is 1.96. The average molecular weight is 364 g/mol. The maximum atomic E-state index is 12.6. The lowest BCUT2D eigenvalue weighted by Gasteiger charge is -2.15. The van der Waals surface area contributed by atoms with Crippen molar-refractivity contribution < 1.29 is 19.7 Å². The number of fused-ring (bicyclic) bond motifs is 1. The van der Waals surface area contributed by atoms with Gasteiger partial charge < -0.3 is 19.5 Å². The molecule has 0 fully saturated rings. The van der Waals surface area contributed by atoms with Crippen LogP contribution in [0.15, 0.2) is 16.9 Å². The Morgan fingerprint density at radius 1 is 1.23 bits per heavy atom. The Hall–Kier alpha value is -2.25. The standard InChI is InChI=1S/C17H22N2O5.C2H6/c1-10-8-13-14(9-11(10)2)19(6-4-12(21)5-7-20)16(22)15(18-13)17(23)24-3;1-2/h8-9,12,20-21H,4-7H2,1-3H3;1-2H3. The zero-order valence-corrected chi connectivity index (χ0v) is 16.1. The second-order valence-electron chi connectivity index (χ2n) is 5.79. The molecule has 0 bridgehead atoms. The molecule has 2 N–H and O–H groups in total. The summed E-state index contributed by atoms with van der Waals surface area (Å²) in [5, 5.41) is 18.7. The molecule has 0 saturated carbocycles. The fourth-order valence-electron chi connectivity index (χ4n) is 2.52. The molecule has 1 aromatic carbocycles. The minimum Gasteiger partial charge on any atom is -0.464 e. The molecule has 2 rings (SSSR count). The van der Waals surface area contributed by atoms with Gasteiger partial charge in [0.15, 0.2) is 0 Å². The lowest BCUT2D eigenvalue weighted by Crippen LogP contribution is -2.30. The fraction of sp³-hybridized carbons (Fsp3) is 0.526. The largest absolute Gasteiger partial charge is 0.464 e. The van der Waals surface area contributed by atoms with Gasteiger partial charge in [-0.15, -0.1) is 0 Å². The van der Waals surface area contributed by atoms with Crippen molar-refractivity contribution in [1.29, 1.82) is 0 Å². The number of aryl methyl sites for hydroxylation is 3. The molecule has 0 saturated heterocycles. The predicted molar refractivity (Wildman–Crippen MR) is 100 cm³/mol. The van der Waals surface area contributed by atoms with Crippen LogP contribution < -0.4 is 5.56 Å². The molecule has 0 spiro atoms.